The molecule has 9 heteroatoms. The number of fused-ring (bicyclic) bond motifs is 2. The third-order valence-corrected chi connectivity index (χ3v) is 4.04. The Labute approximate surface area is 147 Å². The number of hydrogen-bond donors (Lipinski definition) is 2. The quantitative estimate of drug-likeness (QED) is 0.488. The van der Waals surface area contributed by atoms with Crippen LogP contribution < -0.4 is 5.32 Å². The van der Waals surface area contributed by atoms with Gasteiger partial charge in [-0.1, -0.05) is 22.0 Å². The normalized spacial score (nSPS) is 12.0. The zero-order valence-electron chi connectivity index (χ0n) is 12.4. The molecule has 0 spiro atoms. The van der Waals surface area contributed by atoms with Crippen LogP contribution in [0, 0.1) is 0 Å². The number of aromatic amines is 1. The van der Waals surface area contributed by atoms with Gasteiger partial charge in [-0.15, -0.1) is 0 Å². The van der Waals surface area contributed by atoms with Gasteiger partial charge in [-0.2, -0.15) is 13.2 Å². The van der Waals surface area contributed by atoms with Gasteiger partial charge in [0.15, 0.2) is 0 Å². The van der Waals surface area contributed by atoms with Gasteiger partial charge in [-0.3, -0.25) is 0 Å². The standard InChI is InChI=1S/C16H9BrF3N5/c17-9-2-1-8-7-21-15(25-12(8)5-9)22-10-3-4-11-13(6-10)24-14(23-11)16(18,19)20/h1-7H,(H,23,24)(H,21,22,25). The number of alkyl halides is 3. The predicted molar refractivity (Wildman–Crippen MR) is 91.6 cm³/mol. The maximum atomic E-state index is 12.7. The summed E-state index contributed by atoms with van der Waals surface area (Å²) in [7, 11) is 0. The molecule has 126 valence electrons. The second kappa shape index (κ2) is 5.69. The molecule has 0 saturated carbocycles. The number of nitrogens with one attached hydrogen (secondary N) is 2. The lowest BCUT2D eigenvalue weighted by Crippen LogP contribution is -2.06. The Morgan fingerprint density at radius 2 is 1.84 bits per heavy atom. The maximum Gasteiger partial charge on any atom is 0.449 e. The predicted octanol–water partition coefficient (Wildman–Crippen LogP) is 5.03. The SMILES string of the molecule is FC(F)(F)c1nc2ccc(Nc3ncc4ccc(Br)cc4n3)cc2[nH]1. The van der Waals surface area contributed by atoms with E-state index in [1.54, 1.807) is 12.3 Å². The van der Waals surface area contributed by atoms with Gasteiger partial charge in [0.25, 0.3) is 0 Å². The van der Waals surface area contributed by atoms with Crippen molar-refractivity contribution in [1.82, 2.24) is 19.9 Å². The van der Waals surface area contributed by atoms with Crippen molar-refractivity contribution >= 4 is 49.5 Å². The molecule has 0 aliphatic carbocycles. The minimum atomic E-state index is -4.51. The molecule has 0 atom stereocenters. The molecule has 5 nitrogen and oxygen atoms in total. The Kier molecular flexibility index (Phi) is 3.60. The molecule has 4 aromatic rings. The molecule has 0 bridgehead atoms. The smallest absolute Gasteiger partial charge is 0.334 e. The van der Waals surface area contributed by atoms with Crippen LogP contribution in [-0.2, 0) is 6.18 Å². The van der Waals surface area contributed by atoms with Gasteiger partial charge in [0, 0.05) is 21.7 Å². The van der Waals surface area contributed by atoms with Gasteiger partial charge in [0.05, 0.1) is 16.6 Å². The fourth-order valence-corrected chi connectivity index (χ4v) is 2.76. The Balaban J connectivity index is 1.68. The van der Waals surface area contributed by atoms with E-state index in [2.05, 4.69) is 41.2 Å². The molecule has 0 amide bonds. The summed E-state index contributed by atoms with van der Waals surface area (Å²) in [5.41, 5.74) is 1.81. The highest BCUT2D eigenvalue weighted by Gasteiger charge is 2.34. The second-order valence-electron chi connectivity index (χ2n) is 5.34. The molecule has 0 fully saturated rings. The van der Waals surface area contributed by atoms with Crippen LogP contribution in [0.15, 0.2) is 47.1 Å². The number of nitrogens with zero attached hydrogens (tertiary/aromatic N) is 3. The van der Waals surface area contributed by atoms with E-state index in [1.165, 1.54) is 12.1 Å². The number of aromatic nitrogens is 4. The van der Waals surface area contributed by atoms with Crippen molar-refractivity contribution in [3.63, 3.8) is 0 Å². The van der Waals surface area contributed by atoms with E-state index in [9.17, 15) is 13.2 Å². The van der Waals surface area contributed by atoms with Gasteiger partial charge >= 0.3 is 6.18 Å². The molecule has 2 heterocycles. The van der Waals surface area contributed by atoms with Crippen molar-refractivity contribution in [3.05, 3.63) is 52.9 Å². The van der Waals surface area contributed by atoms with Crippen molar-refractivity contribution in [2.45, 2.75) is 6.18 Å². The minimum absolute atomic E-state index is 0.237. The molecule has 0 unspecified atom stereocenters. The summed E-state index contributed by atoms with van der Waals surface area (Å²) >= 11 is 3.39. The zero-order chi connectivity index (χ0) is 17.6. The lowest BCUT2D eigenvalue weighted by atomic mass is 10.2. The van der Waals surface area contributed by atoms with E-state index in [0.717, 1.165) is 15.4 Å². The molecule has 0 aliphatic heterocycles. The number of anilines is 2. The van der Waals surface area contributed by atoms with Crippen molar-refractivity contribution < 1.29 is 13.2 Å². The van der Waals surface area contributed by atoms with Crippen LogP contribution in [0.2, 0.25) is 0 Å². The first-order valence-electron chi connectivity index (χ1n) is 7.15. The summed E-state index contributed by atoms with van der Waals surface area (Å²) in [5.74, 6) is -0.674. The van der Waals surface area contributed by atoms with Crippen molar-refractivity contribution in [3.8, 4) is 0 Å². The molecule has 0 saturated heterocycles. The number of imidazole rings is 1. The fraction of sp³-hybridized carbons (Fsp3) is 0.0625. The van der Waals surface area contributed by atoms with Gasteiger partial charge in [0.2, 0.25) is 11.8 Å². The molecule has 2 aromatic carbocycles. The second-order valence-corrected chi connectivity index (χ2v) is 6.25. The van der Waals surface area contributed by atoms with Crippen LogP contribution in [-0.4, -0.2) is 19.9 Å². The van der Waals surface area contributed by atoms with Crippen LogP contribution in [0.25, 0.3) is 21.9 Å². The largest absolute Gasteiger partial charge is 0.449 e. The highest BCUT2D eigenvalue weighted by atomic mass is 79.9. The maximum absolute atomic E-state index is 12.7. The van der Waals surface area contributed by atoms with Crippen LogP contribution in [0.4, 0.5) is 24.8 Å². The summed E-state index contributed by atoms with van der Waals surface area (Å²) < 4.78 is 39.1. The third kappa shape index (κ3) is 3.14. The number of H-pyrrole nitrogens is 1. The number of rotatable bonds is 2. The van der Waals surface area contributed by atoms with Crippen LogP contribution >= 0.6 is 15.9 Å². The summed E-state index contributed by atoms with van der Waals surface area (Å²) in [6.07, 6.45) is -2.84. The fourth-order valence-electron chi connectivity index (χ4n) is 2.41. The average Bonchev–Trinajstić information content (AvgIpc) is 2.98. The highest BCUT2D eigenvalue weighted by Crippen LogP contribution is 2.29. The molecule has 2 aromatic heterocycles. The Morgan fingerprint density at radius 1 is 1.00 bits per heavy atom. The highest BCUT2D eigenvalue weighted by molar-refractivity contribution is 9.10. The van der Waals surface area contributed by atoms with Crippen molar-refractivity contribution in [2.75, 3.05) is 5.32 Å². The molecular weight excluding hydrogens is 399 g/mol. The number of hydrogen-bond acceptors (Lipinski definition) is 4. The summed E-state index contributed by atoms with van der Waals surface area (Å²) in [6, 6.07) is 10.3. The van der Waals surface area contributed by atoms with Gasteiger partial charge in [-0.05, 0) is 30.3 Å². The molecule has 0 aliphatic rings. The Morgan fingerprint density at radius 3 is 2.64 bits per heavy atom. The van der Waals surface area contributed by atoms with Crippen LogP contribution in [0.1, 0.15) is 5.82 Å². The molecule has 2 N–H and O–H groups in total. The van der Waals surface area contributed by atoms with Gasteiger partial charge < -0.3 is 10.3 Å². The number of halogens is 4. The lowest BCUT2D eigenvalue weighted by Gasteiger charge is -2.06. The average molecular weight is 408 g/mol. The summed E-state index contributed by atoms with van der Waals surface area (Å²) in [5, 5.41) is 3.87. The molecule has 4 rings (SSSR count). The molecule has 25 heavy (non-hydrogen) atoms. The minimum Gasteiger partial charge on any atom is -0.334 e. The van der Waals surface area contributed by atoms with E-state index in [4.69, 9.17) is 0 Å². The molecule has 0 radical (unpaired) electrons. The van der Waals surface area contributed by atoms with E-state index >= 15 is 0 Å². The molecular formula is C16H9BrF3N5. The van der Waals surface area contributed by atoms with Gasteiger partial charge in [0.1, 0.15) is 0 Å². The lowest BCUT2D eigenvalue weighted by molar-refractivity contribution is -0.144. The van der Waals surface area contributed by atoms with Crippen LogP contribution in [0.3, 0.4) is 0 Å². The zero-order valence-corrected chi connectivity index (χ0v) is 14.0. The first-order chi connectivity index (χ1) is 11.9. The monoisotopic (exact) mass is 407 g/mol. The Hall–Kier alpha value is -2.68. The van der Waals surface area contributed by atoms with Crippen molar-refractivity contribution in [2.24, 2.45) is 0 Å². The third-order valence-electron chi connectivity index (χ3n) is 3.55. The Bertz CT molecular complexity index is 1090. The topological polar surface area (TPSA) is 66.5 Å². The first kappa shape index (κ1) is 15.8. The van der Waals surface area contributed by atoms with E-state index in [-0.39, 0.29) is 11.0 Å². The number of benzene rings is 2. The van der Waals surface area contributed by atoms with E-state index in [1.807, 2.05) is 18.2 Å². The van der Waals surface area contributed by atoms with Crippen molar-refractivity contribution in [1.29, 1.82) is 0 Å². The van der Waals surface area contributed by atoms with Crippen LogP contribution in [0.5, 0.6) is 0 Å². The van der Waals surface area contributed by atoms with E-state index < -0.39 is 12.0 Å². The van der Waals surface area contributed by atoms with E-state index in [0.29, 0.717) is 11.6 Å². The summed E-state index contributed by atoms with van der Waals surface area (Å²) in [6.45, 7) is 0. The summed E-state index contributed by atoms with van der Waals surface area (Å²) in [4.78, 5) is 14.4. The first-order valence-corrected chi connectivity index (χ1v) is 7.94. The van der Waals surface area contributed by atoms with Gasteiger partial charge in [-0.25, -0.2) is 15.0 Å².